The van der Waals surface area contributed by atoms with Crippen molar-refractivity contribution in [3.63, 3.8) is 0 Å². The van der Waals surface area contributed by atoms with Gasteiger partial charge in [0.05, 0.1) is 0 Å². The van der Waals surface area contributed by atoms with Gasteiger partial charge in [0.15, 0.2) is 11.9 Å². The van der Waals surface area contributed by atoms with E-state index in [9.17, 15) is 4.79 Å². The zero-order chi connectivity index (χ0) is 16.1. The van der Waals surface area contributed by atoms with Gasteiger partial charge < -0.3 is 4.74 Å². The van der Waals surface area contributed by atoms with Gasteiger partial charge in [-0.1, -0.05) is 72.8 Å². The summed E-state index contributed by atoms with van der Waals surface area (Å²) in [5, 5.41) is 0. The highest BCUT2D eigenvalue weighted by atomic mass is 16.5. The predicted octanol–water partition coefficient (Wildman–Crippen LogP) is 5.06. The van der Waals surface area contributed by atoms with Crippen molar-refractivity contribution in [3.05, 3.63) is 90.5 Å². The molecule has 23 heavy (non-hydrogen) atoms. The number of hydrogen-bond acceptors (Lipinski definition) is 2. The molecule has 3 rings (SSSR count). The summed E-state index contributed by atoms with van der Waals surface area (Å²) < 4.78 is 5.90. The molecule has 0 fully saturated rings. The molecule has 2 heteroatoms. The summed E-state index contributed by atoms with van der Waals surface area (Å²) in [5.74, 6) is 0.678. The second kappa shape index (κ2) is 6.93. The Labute approximate surface area is 136 Å². The molecule has 2 nitrogen and oxygen atoms in total. The van der Waals surface area contributed by atoms with E-state index in [0.717, 1.165) is 16.7 Å². The van der Waals surface area contributed by atoms with Crippen LogP contribution >= 0.6 is 0 Å². The number of carbonyl (C=O) groups excluding carboxylic acids is 1. The highest BCUT2D eigenvalue weighted by molar-refractivity contribution is 5.82. The Balaban J connectivity index is 1.80. The quantitative estimate of drug-likeness (QED) is 0.658. The largest absolute Gasteiger partial charge is 0.478 e. The number of ether oxygens (including phenoxy) is 1. The summed E-state index contributed by atoms with van der Waals surface area (Å²) in [6.07, 6.45) is -0.571. The van der Waals surface area contributed by atoms with E-state index in [0.29, 0.717) is 5.75 Å². The molecule has 0 aliphatic heterocycles. The number of Topliss-reactive ketones (excluding diaryl/α,β-unsaturated/α-hetero) is 1. The van der Waals surface area contributed by atoms with Crippen molar-refractivity contribution in [3.8, 4) is 16.9 Å². The van der Waals surface area contributed by atoms with E-state index >= 15 is 0 Å². The first-order chi connectivity index (χ1) is 11.2. The summed E-state index contributed by atoms with van der Waals surface area (Å²) >= 11 is 0. The van der Waals surface area contributed by atoms with Crippen LogP contribution in [-0.4, -0.2) is 5.78 Å². The summed E-state index contributed by atoms with van der Waals surface area (Å²) in [6.45, 7) is 1.55. The van der Waals surface area contributed by atoms with E-state index in [1.165, 1.54) is 0 Å². The molecule has 3 aromatic carbocycles. The molecule has 0 aliphatic carbocycles. The number of rotatable bonds is 5. The van der Waals surface area contributed by atoms with Crippen LogP contribution in [0.5, 0.6) is 5.75 Å². The summed E-state index contributed by atoms with van der Waals surface area (Å²) in [5.41, 5.74) is 3.15. The van der Waals surface area contributed by atoms with E-state index in [-0.39, 0.29) is 5.78 Å². The molecular weight excluding hydrogens is 284 g/mol. The van der Waals surface area contributed by atoms with Crippen molar-refractivity contribution in [2.24, 2.45) is 0 Å². The first-order valence-corrected chi connectivity index (χ1v) is 7.61. The van der Waals surface area contributed by atoms with Crippen LogP contribution in [0.15, 0.2) is 84.9 Å². The van der Waals surface area contributed by atoms with Gasteiger partial charge in [-0.05, 0) is 35.7 Å². The Bertz CT molecular complexity index is 762. The molecule has 0 heterocycles. The molecule has 114 valence electrons. The van der Waals surface area contributed by atoms with E-state index in [1.807, 2.05) is 72.8 Å². The number of benzene rings is 3. The van der Waals surface area contributed by atoms with E-state index in [4.69, 9.17) is 4.74 Å². The van der Waals surface area contributed by atoms with Gasteiger partial charge in [-0.15, -0.1) is 0 Å². The third kappa shape index (κ3) is 3.67. The van der Waals surface area contributed by atoms with Gasteiger partial charge >= 0.3 is 0 Å². The molecule has 3 aromatic rings. The third-order valence-electron chi connectivity index (χ3n) is 3.69. The molecular formula is C21H18O2. The molecule has 1 atom stereocenters. The third-order valence-corrected chi connectivity index (χ3v) is 3.69. The second-order valence-corrected chi connectivity index (χ2v) is 5.41. The lowest BCUT2D eigenvalue weighted by molar-refractivity contribution is -0.123. The molecule has 1 unspecified atom stereocenters. The standard InChI is InChI=1S/C21H18O2/c1-16(22)21(19-10-6-3-7-11-19)23-20-14-12-18(13-15-20)17-8-4-2-5-9-17/h2-15,21H,1H3. The van der Waals surface area contributed by atoms with Gasteiger partial charge in [0.25, 0.3) is 0 Å². The summed E-state index contributed by atoms with van der Waals surface area (Å²) in [6, 6.07) is 27.5. The lowest BCUT2D eigenvalue weighted by atomic mass is 10.1. The molecule has 0 bridgehead atoms. The van der Waals surface area contributed by atoms with E-state index in [1.54, 1.807) is 6.92 Å². The Morgan fingerprint density at radius 1 is 0.739 bits per heavy atom. The highest BCUT2D eigenvalue weighted by Crippen LogP contribution is 2.26. The number of ketones is 1. The van der Waals surface area contributed by atoms with Crippen molar-refractivity contribution in [1.82, 2.24) is 0 Å². The Kier molecular flexibility index (Phi) is 4.53. The van der Waals surface area contributed by atoms with Gasteiger partial charge in [-0.3, -0.25) is 4.79 Å². The lowest BCUT2D eigenvalue weighted by Crippen LogP contribution is -2.15. The maximum absolute atomic E-state index is 11.9. The fourth-order valence-electron chi connectivity index (χ4n) is 2.51. The minimum Gasteiger partial charge on any atom is -0.478 e. The van der Waals surface area contributed by atoms with Crippen molar-refractivity contribution in [1.29, 1.82) is 0 Å². The molecule has 0 saturated heterocycles. The molecule has 0 saturated carbocycles. The first-order valence-electron chi connectivity index (χ1n) is 7.61. The molecule has 0 radical (unpaired) electrons. The van der Waals surface area contributed by atoms with Gasteiger partial charge in [-0.2, -0.15) is 0 Å². The van der Waals surface area contributed by atoms with Crippen LogP contribution in [0.1, 0.15) is 18.6 Å². The summed E-state index contributed by atoms with van der Waals surface area (Å²) in [7, 11) is 0. The van der Waals surface area contributed by atoms with Crippen LogP contribution < -0.4 is 4.74 Å². The van der Waals surface area contributed by atoms with Crippen molar-refractivity contribution in [2.45, 2.75) is 13.0 Å². The highest BCUT2D eigenvalue weighted by Gasteiger charge is 2.18. The van der Waals surface area contributed by atoms with Crippen LogP contribution in [0.3, 0.4) is 0 Å². The van der Waals surface area contributed by atoms with Gasteiger partial charge in [0.2, 0.25) is 0 Å². The maximum Gasteiger partial charge on any atom is 0.181 e. The zero-order valence-corrected chi connectivity index (χ0v) is 13.0. The average Bonchev–Trinajstić information content (AvgIpc) is 2.61. The maximum atomic E-state index is 11.9. The molecule has 0 aromatic heterocycles. The fraction of sp³-hybridized carbons (Fsp3) is 0.0952. The van der Waals surface area contributed by atoms with E-state index < -0.39 is 6.10 Å². The first kappa shape index (κ1) is 15.0. The van der Waals surface area contributed by atoms with Gasteiger partial charge in [0.1, 0.15) is 5.75 Å². The average molecular weight is 302 g/mol. The summed E-state index contributed by atoms with van der Waals surface area (Å²) in [4.78, 5) is 11.9. The topological polar surface area (TPSA) is 26.3 Å². The van der Waals surface area contributed by atoms with Crippen molar-refractivity contribution in [2.75, 3.05) is 0 Å². The van der Waals surface area contributed by atoms with Crippen LogP contribution in [0.2, 0.25) is 0 Å². The molecule has 0 spiro atoms. The molecule has 0 aliphatic rings. The SMILES string of the molecule is CC(=O)C(Oc1ccc(-c2ccccc2)cc1)c1ccccc1. The number of carbonyl (C=O) groups is 1. The minimum absolute atomic E-state index is 0.0108. The minimum atomic E-state index is -0.571. The Hall–Kier alpha value is -2.87. The van der Waals surface area contributed by atoms with Gasteiger partial charge in [0, 0.05) is 0 Å². The van der Waals surface area contributed by atoms with Crippen LogP contribution in [-0.2, 0) is 4.79 Å². The molecule has 0 N–H and O–H groups in total. The van der Waals surface area contributed by atoms with E-state index in [2.05, 4.69) is 12.1 Å². The number of hydrogen-bond donors (Lipinski definition) is 0. The van der Waals surface area contributed by atoms with Crippen LogP contribution in [0.4, 0.5) is 0 Å². The molecule has 0 amide bonds. The smallest absolute Gasteiger partial charge is 0.181 e. The van der Waals surface area contributed by atoms with Crippen molar-refractivity contribution < 1.29 is 9.53 Å². The monoisotopic (exact) mass is 302 g/mol. The normalized spacial score (nSPS) is 11.7. The van der Waals surface area contributed by atoms with Gasteiger partial charge in [-0.25, -0.2) is 0 Å². The lowest BCUT2D eigenvalue weighted by Gasteiger charge is -2.17. The van der Waals surface area contributed by atoms with Crippen LogP contribution in [0.25, 0.3) is 11.1 Å². The zero-order valence-electron chi connectivity index (χ0n) is 13.0. The van der Waals surface area contributed by atoms with Crippen LogP contribution in [0, 0.1) is 0 Å². The Morgan fingerprint density at radius 2 is 1.26 bits per heavy atom. The van der Waals surface area contributed by atoms with Crippen molar-refractivity contribution >= 4 is 5.78 Å². The predicted molar refractivity (Wildman–Crippen MR) is 92.4 cm³/mol. The Morgan fingerprint density at radius 3 is 1.83 bits per heavy atom. The fourth-order valence-corrected chi connectivity index (χ4v) is 2.51. The second-order valence-electron chi connectivity index (χ2n) is 5.41.